The van der Waals surface area contributed by atoms with Crippen LogP contribution in [0.5, 0.6) is 11.5 Å². The second-order valence-corrected chi connectivity index (χ2v) is 11.4. The molecule has 0 saturated heterocycles. The van der Waals surface area contributed by atoms with E-state index < -0.39 is 0 Å². The monoisotopic (exact) mass is 578 g/mol. The Labute approximate surface area is 224 Å². The molecule has 0 saturated carbocycles. The van der Waals surface area contributed by atoms with Gasteiger partial charge in [-0.2, -0.15) is 0 Å². The predicted molar refractivity (Wildman–Crippen MR) is 149 cm³/mol. The highest BCUT2D eigenvalue weighted by Gasteiger charge is 2.33. The number of hydrogen-bond acceptors (Lipinski definition) is 6. The van der Waals surface area contributed by atoms with Gasteiger partial charge in [-0.3, -0.25) is 9.36 Å². The standard InChI is InChI=1S/C28H23BrN2O3S2/c1-3-34-26-20(29)13-16(14-21(26)33-2)15-23-27(32)31-25(22-9-6-12-35-22)19-11-10-17-7-4-5-8-18(17)24(19)30-28(31)36-23/h4-9,12-15,25H,3,10-11H2,1-2H3/t25-/m0/s1. The highest BCUT2D eigenvalue weighted by atomic mass is 79.9. The van der Waals surface area contributed by atoms with Crippen molar-refractivity contribution in [3.8, 4) is 11.5 Å². The third-order valence-electron chi connectivity index (χ3n) is 6.52. The fraction of sp³-hybridized carbons (Fsp3) is 0.214. The van der Waals surface area contributed by atoms with Gasteiger partial charge in [-0.1, -0.05) is 41.7 Å². The second-order valence-electron chi connectivity index (χ2n) is 8.60. The molecule has 0 radical (unpaired) electrons. The Kier molecular flexibility index (Phi) is 6.19. The topological polar surface area (TPSA) is 52.8 Å². The van der Waals surface area contributed by atoms with Gasteiger partial charge in [0.25, 0.3) is 5.56 Å². The lowest BCUT2D eigenvalue weighted by molar-refractivity contribution is 0.309. The molecular weight excluding hydrogens is 556 g/mol. The molecule has 2 aromatic carbocycles. The van der Waals surface area contributed by atoms with Crippen LogP contribution in [-0.4, -0.2) is 18.3 Å². The number of benzene rings is 2. The van der Waals surface area contributed by atoms with Crippen LogP contribution in [0.25, 0.3) is 11.8 Å². The lowest BCUT2D eigenvalue weighted by atomic mass is 9.85. The Morgan fingerprint density at radius 2 is 2.06 bits per heavy atom. The summed E-state index contributed by atoms with van der Waals surface area (Å²) in [6.45, 7) is 2.46. The average Bonchev–Trinajstić information content (AvgIpc) is 3.53. The Hall–Kier alpha value is -2.94. The highest BCUT2D eigenvalue weighted by molar-refractivity contribution is 9.10. The van der Waals surface area contributed by atoms with E-state index in [1.54, 1.807) is 18.4 Å². The summed E-state index contributed by atoms with van der Waals surface area (Å²) in [5, 5.41) is 2.08. The number of ether oxygens (including phenoxy) is 2. The summed E-state index contributed by atoms with van der Waals surface area (Å²) >= 11 is 6.71. The molecule has 0 unspecified atom stereocenters. The minimum atomic E-state index is -0.131. The molecule has 182 valence electrons. The van der Waals surface area contributed by atoms with Crippen molar-refractivity contribution in [1.82, 2.24) is 4.57 Å². The molecule has 0 amide bonds. The van der Waals surface area contributed by atoms with Crippen LogP contribution in [0, 0.1) is 0 Å². The summed E-state index contributed by atoms with van der Waals surface area (Å²) in [5.41, 5.74) is 5.57. The zero-order valence-electron chi connectivity index (χ0n) is 19.8. The Bertz CT molecular complexity index is 1680. The summed E-state index contributed by atoms with van der Waals surface area (Å²) < 4.78 is 14.6. The van der Waals surface area contributed by atoms with Gasteiger partial charge < -0.3 is 9.47 Å². The normalized spacial score (nSPS) is 16.8. The first-order chi connectivity index (χ1) is 17.6. The smallest absolute Gasteiger partial charge is 0.271 e. The fourth-order valence-corrected chi connectivity index (χ4v) is 7.40. The number of allylic oxidation sites excluding steroid dienone is 1. The second kappa shape index (κ2) is 9.50. The number of hydrogen-bond donors (Lipinski definition) is 0. The molecule has 2 aliphatic rings. The third-order valence-corrected chi connectivity index (χ3v) is 9.02. The van der Waals surface area contributed by atoms with E-state index in [1.165, 1.54) is 28.0 Å². The zero-order chi connectivity index (χ0) is 24.8. The summed E-state index contributed by atoms with van der Waals surface area (Å²) in [4.78, 5) is 20.8. The van der Waals surface area contributed by atoms with Gasteiger partial charge in [-0.25, -0.2) is 4.99 Å². The van der Waals surface area contributed by atoms with Gasteiger partial charge in [0.05, 0.1) is 34.5 Å². The van der Waals surface area contributed by atoms with Crippen LogP contribution in [0.15, 0.2) is 73.7 Å². The molecule has 36 heavy (non-hydrogen) atoms. The van der Waals surface area contributed by atoms with Gasteiger partial charge in [-0.05, 0) is 82.1 Å². The first kappa shape index (κ1) is 23.5. The van der Waals surface area contributed by atoms with E-state index >= 15 is 0 Å². The molecule has 5 nitrogen and oxygen atoms in total. The summed E-state index contributed by atoms with van der Waals surface area (Å²) in [5.74, 6) is 1.27. The van der Waals surface area contributed by atoms with E-state index in [-0.39, 0.29) is 11.6 Å². The zero-order valence-corrected chi connectivity index (χ0v) is 23.0. The van der Waals surface area contributed by atoms with Crippen LogP contribution in [0.3, 0.4) is 0 Å². The molecule has 8 heteroatoms. The van der Waals surface area contributed by atoms with E-state index in [9.17, 15) is 4.79 Å². The highest BCUT2D eigenvalue weighted by Crippen LogP contribution is 2.42. The molecular formula is C28H23BrN2O3S2. The fourth-order valence-electron chi connectivity index (χ4n) is 4.98. The predicted octanol–water partition coefficient (Wildman–Crippen LogP) is 5.55. The molecule has 1 aliphatic carbocycles. The van der Waals surface area contributed by atoms with E-state index in [4.69, 9.17) is 14.5 Å². The van der Waals surface area contributed by atoms with E-state index in [2.05, 4.69) is 57.7 Å². The maximum Gasteiger partial charge on any atom is 0.271 e. The lowest BCUT2D eigenvalue weighted by Crippen LogP contribution is -2.38. The van der Waals surface area contributed by atoms with Crippen molar-refractivity contribution in [1.29, 1.82) is 0 Å². The van der Waals surface area contributed by atoms with Crippen molar-refractivity contribution in [2.45, 2.75) is 25.8 Å². The first-order valence-corrected chi connectivity index (χ1v) is 14.2. The molecule has 4 aromatic rings. The van der Waals surface area contributed by atoms with Crippen LogP contribution in [0.4, 0.5) is 0 Å². The number of nitrogens with zero attached hydrogens (tertiary/aromatic N) is 2. The molecule has 6 rings (SSSR count). The number of methoxy groups -OCH3 is 1. The number of halogens is 1. The molecule has 0 N–H and O–H groups in total. The molecule has 0 bridgehead atoms. The van der Waals surface area contributed by atoms with E-state index in [1.807, 2.05) is 29.7 Å². The Balaban J connectivity index is 1.56. The quantitative estimate of drug-likeness (QED) is 0.312. The van der Waals surface area contributed by atoms with Gasteiger partial charge in [0, 0.05) is 10.4 Å². The minimum Gasteiger partial charge on any atom is -0.493 e. The van der Waals surface area contributed by atoms with Gasteiger partial charge >= 0.3 is 0 Å². The van der Waals surface area contributed by atoms with Crippen LogP contribution in [-0.2, 0) is 6.42 Å². The maximum atomic E-state index is 13.8. The molecule has 3 heterocycles. The molecule has 1 atom stereocenters. The van der Waals surface area contributed by atoms with Gasteiger partial charge in [0.1, 0.15) is 0 Å². The maximum absolute atomic E-state index is 13.8. The van der Waals surface area contributed by atoms with Crippen LogP contribution in [0.1, 0.15) is 41.0 Å². The number of thiophene rings is 1. The Morgan fingerprint density at radius 3 is 2.83 bits per heavy atom. The van der Waals surface area contributed by atoms with Gasteiger partial charge in [0.2, 0.25) is 0 Å². The van der Waals surface area contributed by atoms with Gasteiger partial charge in [0.15, 0.2) is 16.3 Å². The molecule has 1 aliphatic heterocycles. The van der Waals surface area contributed by atoms with Crippen molar-refractivity contribution in [2.24, 2.45) is 4.99 Å². The molecule has 0 spiro atoms. The number of aromatic nitrogens is 1. The van der Waals surface area contributed by atoms with Crippen molar-refractivity contribution in [3.63, 3.8) is 0 Å². The van der Waals surface area contributed by atoms with E-state index in [0.717, 1.165) is 38.3 Å². The minimum absolute atomic E-state index is 0.0217. The number of fused-ring (bicyclic) bond motifs is 3. The number of thiazole rings is 1. The molecule has 2 aromatic heterocycles. The largest absolute Gasteiger partial charge is 0.493 e. The summed E-state index contributed by atoms with van der Waals surface area (Å²) in [7, 11) is 1.62. The van der Waals surface area contributed by atoms with Crippen LogP contribution in [0.2, 0.25) is 0 Å². The van der Waals surface area contributed by atoms with E-state index in [0.29, 0.717) is 22.6 Å². The van der Waals surface area contributed by atoms with Crippen LogP contribution < -0.4 is 24.4 Å². The van der Waals surface area contributed by atoms with Gasteiger partial charge in [-0.15, -0.1) is 11.3 Å². The SMILES string of the molecule is CCOc1c(Br)cc(C=c2sc3n(c2=O)[C@H](c2cccs2)C2=C(N=3)c3ccccc3CC2)cc1OC. The average molecular weight is 580 g/mol. The number of rotatable bonds is 5. The summed E-state index contributed by atoms with van der Waals surface area (Å²) in [6.07, 6.45) is 3.76. The van der Waals surface area contributed by atoms with Crippen molar-refractivity contribution >= 4 is 50.4 Å². The van der Waals surface area contributed by atoms with Crippen molar-refractivity contribution < 1.29 is 9.47 Å². The lowest BCUT2D eigenvalue weighted by Gasteiger charge is -2.30. The van der Waals surface area contributed by atoms with Crippen molar-refractivity contribution in [2.75, 3.05) is 13.7 Å². The summed E-state index contributed by atoms with van der Waals surface area (Å²) in [6, 6.07) is 16.4. The molecule has 0 fully saturated rings. The number of aryl methyl sites for hydroxylation is 1. The van der Waals surface area contributed by atoms with Crippen molar-refractivity contribution in [3.05, 3.63) is 105 Å². The third kappa shape index (κ3) is 3.88. The Morgan fingerprint density at radius 1 is 1.19 bits per heavy atom. The van der Waals surface area contributed by atoms with Crippen LogP contribution >= 0.6 is 38.6 Å². The first-order valence-electron chi connectivity index (χ1n) is 11.8.